The molecule has 7 heteroatoms. The first-order valence-corrected chi connectivity index (χ1v) is 15.5. The molecular formula is C34H53N3O4. The Bertz CT molecular complexity index is 1050. The molecule has 2 N–H and O–H groups in total. The molecule has 228 valence electrons. The summed E-state index contributed by atoms with van der Waals surface area (Å²) < 4.78 is 5.54. The van der Waals surface area contributed by atoms with Crippen LogP contribution in [0.5, 0.6) is 0 Å². The maximum Gasteiger partial charge on any atom is 0.408 e. The van der Waals surface area contributed by atoms with E-state index in [2.05, 4.69) is 30.4 Å². The summed E-state index contributed by atoms with van der Waals surface area (Å²) in [4.78, 5) is 43.5. The molecule has 4 unspecified atom stereocenters. The second kappa shape index (κ2) is 15.8. The van der Waals surface area contributed by atoms with Gasteiger partial charge in [0.1, 0.15) is 17.7 Å². The Kier molecular flexibility index (Phi) is 13.2. The Morgan fingerprint density at radius 1 is 1.05 bits per heavy atom. The van der Waals surface area contributed by atoms with E-state index in [9.17, 15) is 14.4 Å². The highest BCUT2D eigenvalue weighted by molar-refractivity contribution is 5.93. The van der Waals surface area contributed by atoms with E-state index in [4.69, 9.17) is 11.2 Å². The lowest BCUT2D eigenvalue weighted by Crippen LogP contribution is -2.58. The van der Waals surface area contributed by atoms with Crippen LogP contribution in [0.2, 0.25) is 0 Å². The number of nitrogens with zero attached hydrogens (tertiary/aromatic N) is 1. The van der Waals surface area contributed by atoms with Gasteiger partial charge < -0.3 is 20.3 Å². The average molecular weight is 568 g/mol. The van der Waals surface area contributed by atoms with Gasteiger partial charge in [-0.3, -0.25) is 9.59 Å². The Hall–Kier alpha value is -3.01. The third-order valence-corrected chi connectivity index (χ3v) is 7.93. The minimum Gasteiger partial charge on any atom is -0.444 e. The number of amides is 3. The Labute approximate surface area is 248 Å². The molecule has 7 nitrogen and oxygen atoms in total. The summed E-state index contributed by atoms with van der Waals surface area (Å²) in [6.07, 6.45) is 12.6. The highest BCUT2D eigenvalue weighted by Crippen LogP contribution is 2.31. The molecule has 1 aromatic rings. The molecule has 4 atom stereocenters. The summed E-state index contributed by atoms with van der Waals surface area (Å²) in [5.74, 6) is 2.42. The van der Waals surface area contributed by atoms with Crippen LogP contribution in [0.25, 0.3) is 0 Å². The van der Waals surface area contributed by atoms with Crippen molar-refractivity contribution in [2.24, 2.45) is 11.8 Å². The quantitative estimate of drug-likeness (QED) is 0.274. The first-order valence-electron chi connectivity index (χ1n) is 15.5. The van der Waals surface area contributed by atoms with Gasteiger partial charge in [-0.1, -0.05) is 77.5 Å². The molecule has 3 amide bonds. The van der Waals surface area contributed by atoms with Gasteiger partial charge >= 0.3 is 6.09 Å². The van der Waals surface area contributed by atoms with Crippen LogP contribution in [0.3, 0.4) is 0 Å². The van der Waals surface area contributed by atoms with Crippen LogP contribution in [0.1, 0.15) is 124 Å². The van der Waals surface area contributed by atoms with Gasteiger partial charge in [0.15, 0.2) is 0 Å². The van der Waals surface area contributed by atoms with E-state index in [0.717, 1.165) is 32.1 Å². The topological polar surface area (TPSA) is 87.7 Å². The molecule has 0 aliphatic heterocycles. The first-order chi connectivity index (χ1) is 19.3. The molecule has 1 saturated carbocycles. The molecule has 41 heavy (non-hydrogen) atoms. The molecule has 1 aliphatic carbocycles. The van der Waals surface area contributed by atoms with E-state index in [1.165, 1.54) is 6.42 Å². The predicted octanol–water partition coefficient (Wildman–Crippen LogP) is 6.75. The van der Waals surface area contributed by atoms with E-state index < -0.39 is 23.8 Å². The molecule has 0 saturated heterocycles. The lowest BCUT2D eigenvalue weighted by Gasteiger charge is -2.40. The molecule has 0 bridgehead atoms. The van der Waals surface area contributed by atoms with Crippen molar-refractivity contribution in [3.05, 3.63) is 35.4 Å². The third-order valence-electron chi connectivity index (χ3n) is 7.93. The number of hydrogen-bond acceptors (Lipinski definition) is 4. The van der Waals surface area contributed by atoms with Gasteiger partial charge in [-0.05, 0) is 76.8 Å². The highest BCUT2D eigenvalue weighted by Gasteiger charge is 2.41. The number of rotatable bonds is 12. The number of ether oxygens (including phenoxy) is 1. The fourth-order valence-electron chi connectivity index (χ4n) is 5.40. The maximum absolute atomic E-state index is 14.7. The molecule has 0 aromatic heterocycles. The van der Waals surface area contributed by atoms with Crippen LogP contribution in [-0.2, 0) is 14.3 Å². The molecule has 0 heterocycles. The van der Waals surface area contributed by atoms with Crippen LogP contribution >= 0.6 is 0 Å². The smallest absolute Gasteiger partial charge is 0.408 e. The van der Waals surface area contributed by atoms with E-state index >= 15 is 0 Å². The first kappa shape index (κ1) is 34.2. The summed E-state index contributed by atoms with van der Waals surface area (Å²) in [7, 11) is 0. The van der Waals surface area contributed by atoms with Crippen LogP contribution in [0, 0.1) is 24.2 Å². The number of carbonyl (C=O) groups is 3. The maximum atomic E-state index is 14.7. The zero-order valence-electron chi connectivity index (χ0n) is 26.6. The Morgan fingerprint density at radius 3 is 2.24 bits per heavy atom. The van der Waals surface area contributed by atoms with Gasteiger partial charge in [0.25, 0.3) is 0 Å². The van der Waals surface area contributed by atoms with Crippen LogP contribution in [0.4, 0.5) is 4.79 Å². The number of terminal acetylenes is 1. The summed E-state index contributed by atoms with van der Waals surface area (Å²) in [6.45, 7) is 15.6. The number of benzene rings is 1. The van der Waals surface area contributed by atoms with Gasteiger partial charge in [-0.15, -0.1) is 6.42 Å². The second-order valence-electron chi connectivity index (χ2n) is 13.1. The monoisotopic (exact) mass is 567 g/mol. The largest absolute Gasteiger partial charge is 0.444 e. The molecule has 2 rings (SSSR count). The van der Waals surface area contributed by atoms with Crippen LogP contribution < -0.4 is 10.6 Å². The fraction of sp³-hybridized carbons (Fsp3) is 0.676. The Morgan fingerprint density at radius 2 is 1.68 bits per heavy atom. The Balaban J connectivity index is 2.64. The molecule has 0 radical (unpaired) electrons. The molecule has 1 aliphatic rings. The number of carbonyl (C=O) groups excluding carboxylic acids is 3. The number of nitrogens with one attached hydrogen (secondary N) is 2. The molecule has 1 aromatic carbocycles. The fourth-order valence-corrected chi connectivity index (χ4v) is 5.40. The van der Waals surface area contributed by atoms with Crippen molar-refractivity contribution in [1.82, 2.24) is 15.5 Å². The van der Waals surface area contributed by atoms with E-state index in [1.807, 2.05) is 45.0 Å². The van der Waals surface area contributed by atoms with Gasteiger partial charge in [-0.25, -0.2) is 4.79 Å². The zero-order valence-corrected chi connectivity index (χ0v) is 26.6. The summed E-state index contributed by atoms with van der Waals surface area (Å²) in [5.41, 5.74) is 0.476. The van der Waals surface area contributed by atoms with Crippen molar-refractivity contribution in [3.8, 4) is 12.3 Å². The minimum absolute atomic E-state index is 0.0601. The molecule has 1 fully saturated rings. The van der Waals surface area contributed by atoms with Crippen molar-refractivity contribution in [2.75, 3.05) is 0 Å². The minimum atomic E-state index is -0.939. The zero-order chi connectivity index (χ0) is 30.7. The van der Waals surface area contributed by atoms with Crippen molar-refractivity contribution in [2.45, 2.75) is 137 Å². The van der Waals surface area contributed by atoms with Crippen LogP contribution in [0.15, 0.2) is 24.3 Å². The van der Waals surface area contributed by atoms with E-state index in [0.29, 0.717) is 29.9 Å². The SMILES string of the molecule is C#Cc1ccccc1C(C(=O)NC1CCCCC1)N(C(=O)C(NC(=O)OC(C)(C)C)C(C)CC)C(C)CCC(C)C. The second-order valence-corrected chi connectivity index (χ2v) is 13.1. The van der Waals surface area contributed by atoms with E-state index in [1.54, 1.807) is 25.7 Å². The summed E-state index contributed by atoms with van der Waals surface area (Å²) >= 11 is 0. The molecular weight excluding hydrogens is 514 g/mol. The normalized spacial score (nSPS) is 17.1. The van der Waals surface area contributed by atoms with Crippen molar-refractivity contribution in [3.63, 3.8) is 0 Å². The van der Waals surface area contributed by atoms with Gasteiger partial charge in [-0.2, -0.15) is 0 Å². The number of hydrogen-bond donors (Lipinski definition) is 2. The molecule has 0 spiro atoms. The van der Waals surface area contributed by atoms with Gasteiger partial charge in [0, 0.05) is 17.6 Å². The predicted molar refractivity (Wildman–Crippen MR) is 165 cm³/mol. The lowest BCUT2D eigenvalue weighted by molar-refractivity contribution is -0.146. The van der Waals surface area contributed by atoms with Crippen molar-refractivity contribution < 1.29 is 19.1 Å². The lowest BCUT2D eigenvalue weighted by atomic mass is 9.91. The standard InChI is InChI=1S/C34H53N3O4/c1-10-24(5)29(36-33(40)41-34(7,8)9)32(39)37(25(6)22-21-23(3)4)30(28-20-16-15-17-26(28)11-2)31(38)35-27-18-13-12-14-19-27/h2,15-17,20,23-25,27,29-30H,10,12-14,18-19,21-22H2,1,3-9H3,(H,35,38)(H,36,40). The summed E-state index contributed by atoms with van der Waals surface area (Å²) in [5, 5.41) is 6.12. The van der Waals surface area contributed by atoms with Crippen molar-refractivity contribution in [1.29, 1.82) is 0 Å². The van der Waals surface area contributed by atoms with Gasteiger partial charge in [0.05, 0.1) is 0 Å². The van der Waals surface area contributed by atoms with Crippen LogP contribution in [-0.4, -0.2) is 46.5 Å². The summed E-state index contributed by atoms with van der Waals surface area (Å²) in [6, 6.07) is 5.30. The third kappa shape index (κ3) is 10.4. The number of alkyl carbamates (subject to hydrolysis) is 1. The van der Waals surface area contributed by atoms with Gasteiger partial charge in [0.2, 0.25) is 11.8 Å². The highest BCUT2D eigenvalue weighted by atomic mass is 16.6. The van der Waals surface area contributed by atoms with Crippen molar-refractivity contribution >= 4 is 17.9 Å². The average Bonchev–Trinajstić information content (AvgIpc) is 2.92. The van der Waals surface area contributed by atoms with E-state index in [-0.39, 0.29) is 29.8 Å².